The minimum Gasteiger partial charge on any atom is -0.384 e. The summed E-state index contributed by atoms with van der Waals surface area (Å²) in [6, 6.07) is 1.62. The molecule has 0 bridgehead atoms. The van der Waals surface area contributed by atoms with Gasteiger partial charge in [0.05, 0.1) is 5.69 Å². The molecule has 0 aromatic carbocycles. The molecule has 0 aliphatic carbocycles. The number of nitrogens with one attached hydrogen (secondary N) is 2. The highest BCUT2D eigenvalue weighted by atomic mass is 32.2. The van der Waals surface area contributed by atoms with Gasteiger partial charge in [-0.25, -0.2) is 13.1 Å². The highest BCUT2D eigenvalue weighted by Gasteiger charge is 2.18. The summed E-state index contributed by atoms with van der Waals surface area (Å²) in [6.45, 7) is 2.83. The Balaban J connectivity index is 2.73. The number of nitrogens with zero attached hydrogens (tertiary/aromatic N) is 1. The highest BCUT2D eigenvalue weighted by molar-refractivity contribution is 7.89. The third kappa shape index (κ3) is 5.14. The maximum Gasteiger partial charge on any atom is 0.244 e. The van der Waals surface area contributed by atoms with E-state index in [-0.39, 0.29) is 17.9 Å². The number of amides is 1. The van der Waals surface area contributed by atoms with Crippen molar-refractivity contribution in [1.82, 2.24) is 9.71 Å². The van der Waals surface area contributed by atoms with Gasteiger partial charge in [0, 0.05) is 31.9 Å². The molecule has 1 heterocycles. The van der Waals surface area contributed by atoms with Gasteiger partial charge in [-0.15, -0.1) is 0 Å². The summed E-state index contributed by atoms with van der Waals surface area (Å²) in [5, 5.41) is 3.04. The van der Waals surface area contributed by atoms with Gasteiger partial charge < -0.3 is 11.1 Å². The van der Waals surface area contributed by atoms with E-state index in [9.17, 15) is 13.2 Å². The number of rotatable bonds is 9. The van der Waals surface area contributed by atoms with Crippen molar-refractivity contribution in [2.45, 2.75) is 31.1 Å². The number of carbonyl (C=O) groups excluding carboxylic acids is 1. The molecular formula is C12H20N4O3S. The summed E-state index contributed by atoms with van der Waals surface area (Å²) in [7, 11) is -3.65. The second kappa shape index (κ2) is 7.81. The molecule has 0 saturated carbocycles. The van der Waals surface area contributed by atoms with Gasteiger partial charge in [-0.2, -0.15) is 0 Å². The third-order valence-electron chi connectivity index (χ3n) is 2.53. The Morgan fingerprint density at radius 3 is 2.80 bits per heavy atom. The predicted molar refractivity (Wildman–Crippen MR) is 76.6 cm³/mol. The van der Waals surface area contributed by atoms with Crippen molar-refractivity contribution in [3.8, 4) is 0 Å². The van der Waals surface area contributed by atoms with Crippen molar-refractivity contribution < 1.29 is 13.2 Å². The Bertz CT molecular complexity index is 545. The van der Waals surface area contributed by atoms with Gasteiger partial charge in [0.15, 0.2) is 0 Å². The van der Waals surface area contributed by atoms with Gasteiger partial charge in [0.2, 0.25) is 15.9 Å². The number of hydrogen-bond donors (Lipinski definition) is 3. The molecule has 1 rings (SSSR count). The fraction of sp³-hybridized carbons (Fsp3) is 0.500. The molecule has 0 fully saturated rings. The second-order valence-electron chi connectivity index (χ2n) is 4.27. The molecule has 0 spiro atoms. The van der Waals surface area contributed by atoms with Crippen molar-refractivity contribution in [3.63, 3.8) is 0 Å². The summed E-state index contributed by atoms with van der Waals surface area (Å²) < 4.78 is 26.7. The summed E-state index contributed by atoms with van der Waals surface area (Å²) in [6.07, 6.45) is 4.23. The summed E-state index contributed by atoms with van der Waals surface area (Å²) in [5.74, 6) is -0.448. The molecule has 0 unspecified atom stereocenters. The van der Waals surface area contributed by atoms with E-state index in [1.807, 2.05) is 6.92 Å². The molecule has 112 valence electrons. The van der Waals surface area contributed by atoms with Gasteiger partial charge in [-0.05, 0) is 18.9 Å². The Labute approximate surface area is 119 Å². The largest absolute Gasteiger partial charge is 0.384 e. The first-order valence-electron chi connectivity index (χ1n) is 6.43. The molecule has 4 N–H and O–H groups in total. The molecule has 0 atom stereocenters. The summed E-state index contributed by atoms with van der Waals surface area (Å²) >= 11 is 0. The molecule has 0 aliphatic rings. The lowest BCUT2D eigenvalue weighted by Crippen LogP contribution is -2.27. The fourth-order valence-corrected chi connectivity index (χ4v) is 2.74. The SMILES string of the molecule is CCCNc1ccncc1S(=O)(=O)NCCCC(N)=O. The van der Waals surface area contributed by atoms with Gasteiger partial charge in [-0.3, -0.25) is 9.78 Å². The van der Waals surface area contributed by atoms with E-state index in [4.69, 9.17) is 5.73 Å². The van der Waals surface area contributed by atoms with Crippen molar-refractivity contribution in [2.75, 3.05) is 18.4 Å². The first-order chi connectivity index (χ1) is 9.47. The highest BCUT2D eigenvalue weighted by Crippen LogP contribution is 2.19. The standard InChI is InChI=1S/C12H20N4O3S/c1-2-6-15-10-5-8-14-9-11(10)20(18,19)16-7-3-4-12(13)17/h5,8-9,16H,2-4,6-7H2,1H3,(H2,13,17)(H,14,15). The van der Waals surface area contributed by atoms with Gasteiger partial charge in [-0.1, -0.05) is 6.92 Å². The molecule has 0 saturated heterocycles. The molecule has 20 heavy (non-hydrogen) atoms. The molecule has 8 heteroatoms. The van der Waals surface area contributed by atoms with Gasteiger partial charge in [0.1, 0.15) is 4.90 Å². The monoisotopic (exact) mass is 300 g/mol. The summed E-state index contributed by atoms with van der Waals surface area (Å²) in [5.41, 5.74) is 5.51. The lowest BCUT2D eigenvalue weighted by molar-refractivity contribution is -0.118. The second-order valence-corrected chi connectivity index (χ2v) is 6.00. The summed E-state index contributed by atoms with van der Waals surface area (Å²) in [4.78, 5) is 14.5. The van der Waals surface area contributed by atoms with Crippen molar-refractivity contribution in [1.29, 1.82) is 0 Å². The molecule has 1 amide bonds. The number of hydrogen-bond acceptors (Lipinski definition) is 5. The van der Waals surface area contributed by atoms with Gasteiger partial charge >= 0.3 is 0 Å². The molecule has 0 aliphatic heterocycles. The topological polar surface area (TPSA) is 114 Å². The van der Waals surface area contributed by atoms with E-state index >= 15 is 0 Å². The van der Waals surface area contributed by atoms with Crippen LogP contribution in [0.25, 0.3) is 0 Å². The number of sulfonamides is 1. The molecular weight excluding hydrogens is 280 g/mol. The van der Waals surface area contributed by atoms with Crippen LogP contribution in [0.5, 0.6) is 0 Å². The predicted octanol–water partition coefficient (Wildman–Crippen LogP) is 0.447. The van der Waals surface area contributed by atoms with Crippen LogP contribution >= 0.6 is 0 Å². The number of primary amides is 1. The van der Waals surface area contributed by atoms with E-state index in [0.29, 0.717) is 18.7 Å². The number of anilines is 1. The Kier molecular flexibility index (Phi) is 6.40. The van der Waals surface area contributed by atoms with Crippen LogP contribution in [0.3, 0.4) is 0 Å². The van der Waals surface area contributed by atoms with Crippen LogP contribution in [0, 0.1) is 0 Å². The zero-order valence-electron chi connectivity index (χ0n) is 11.4. The average Bonchev–Trinajstić information content (AvgIpc) is 2.41. The number of nitrogens with two attached hydrogens (primary N) is 1. The lowest BCUT2D eigenvalue weighted by atomic mass is 10.3. The first-order valence-corrected chi connectivity index (χ1v) is 7.91. The fourth-order valence-electron chi connectivity index (χ4n) is 1.55. The molecule has 1 aromatic rings. The average molecular weight is 300 g/mol. The number of aromatic nitrogens is 1. The maximum atomic E-state index is 12.2. The Hall–Kier alpha value is -1.67. The first kappa shape index (κ1) is 16.4. The van der Waals surface area contributed by atoms with E-state index in [1.165, 1.54) is 12.4 Å². The van der Waals surface area contributed by atoms with E-state index in [0.717, 1.165) is 6.42 Å². The van der Waals surface area contributed by atoms with Gasteiger partial charge in [0.25, 0.3) is 0 Å². The minimum atomic E-state index is -3.65. The van der Waals surface area contributed by atoms with Crippen LogP contribution in [0.1, 0.15) is 26.2 Å². The minimum absolute atomic E-state index is 0.104. The van der Waals surface area contributed by atoms with E-state index < -0.39 is 15.9 Å². The zero-order chi connectivity index (χ0) is 15.0. The van der Waals surface area contributed by atoms with Crippen LogP contribution in [0.2, 0.25) is 0 Å². The maximum absolute atomic E-state index is 12.2. The normalized spacial score (nSPS) is 11.2. The van der Waals surface area contributed by atoms with Crippen molar-refractivity contribution >= 4 is 21.6 Å². The van der Waals surface area contributed by atoms with Crippen LogP contribution < -0.4 is 15.8 Å². The smallest absolute Gasteiger partial charge is 0.244 e. The molecule has 1 aromatic heterocycles. The quantitative estimate of drug-likeness (QED) is 0.573. The third-order valence-corrected chi connectivity index (χ3v) is 4.02. The van der Waals surface area contributed by atoms with Crippen LogP contribution in [0.15, 0.2) is 23.4 Å². The molecule has 0 radical (unpaired) electrons. The van der Waals surface area contributed by atoms with Crippen LogP contribution in [0.4, 0.5) is 5.69 Å². The van der Waals surface area contributed by atoms with Crippen LogP contribution in [-0.4, -0.2) is 32.4 Å². The lowest BCUT2D eigenvalue weighted by Gasteiger charge is -2.12. The van der Waals surface area contributed by atoms with Crippen LogP contribution in [-0.2, 0) is 14.8 Å². The zero-order valence-corrected chi connectivity index (χ0v) is 12.2. The Morgan fingerprint density at radius 1 is 1.40 bits per heavy atom. The molecule has 7 nitrogen and oxygen atoms in total. The van der Waals surface area contributed by atoms with E-state index in [2.05, 4.69) is 15.0 Å². The van der Waals surface area contributed by atoms with E-state index in [1.54, 1.807) is 6.07 Å². The number of carbonyl (C=O) groups is 1. The Morgan fingerprint density at radius 2 is 2.15 bits per heavy atom. The van der Waals surface area contributed by atoms with Crippen molar-refractivity contribution in [3.05, 3.63) is 18.5 Å². The number of pyridine rings is 1. The van der Waals surface area contributed by atoms with Crippen molar-refractivity contribution in [2.24, 2.45) is 5.73 Å².